The molecule has 2 heterocycles. The van der Waals surface area contributed by atoms with Crippen molar-refractivity contribution in [3.8, 4) is 0 Å². The Kier molecular flexibility index (Phi) is 8.00. The molecule has 1 aliphatic heterocycles. The molecular formula is C22H29ClIN5. The van der Waals surface area contributed by atoms with Gasteiger partial charge in [0.25, 0.3) is 0 Å². The van der Waals surface area contributed by atoms with E-state index in [-0.39, 0.29) is 24.0 Å². The van der Waals surface area contributed by atoms with Crippen LogP contribution in [0.5, 0.6) is 0 Å². The molecule has 1 saturated heterocycles. The third-order valence-corrected chi connectivity index (χ3v) is 5.75. The number of aliphatic imine (C=N–C) groups is 1. The summed E-state index contributed by atoms with van der Waals surface area (Å²) in [5.74, 6) is 2.53. The van der Waals surface area contributed by atoms with Gasteiger partial charge < -0.3 is 15.5 Å². The van der Waals surface area contributed by atoms with E-state index in [1.54, 1.807) is 0 Å². The number of aromatic nitrogens is 1. The fraction of sp³-hybridized carbons (Fsp3) is 0.455. The highest BCUT2D eigenvalue weighted by Crippen LogP contribution is 2.41. The van der Waals surface area contributed by atoms with Crippen molar-refractivity contribution >= 4 is 47.4 Å². The van der Waals surface area contributed by atoms with Crippen LogP contribution in [0, 0.1) is 0 Å². The van der Waals surface area contributed by atoms with Crippen LogP contribution in [0.4, 0.5) is 5.82 Å². The summed E-state index contributed by atoms with van der Waals surface area (Å²) in [6, 6.07) is 15.2. The highest BCUT2D eigenvalue weighted by atomic mass is 127. The van der Waals surface area contributed by atoms with Gasteiger partial charge in [0.2, 0.25) is 0 Å². The van der Waals surface area contributed by atoms with E-state index in [0.717, 1.165) is 55.7 Å². The molecule has 7 heteroatoms. The molecule has 29 heavy (non-hydrogen) atoms. The van der Waals surface area contributed by atoms with Gasteiger partial charge in [0.05, 0.1) is 0 Å². The van der Waals surface area contributed by atoms with E-state index >= 15 is 0 Å². The Labute approximate surface area is 195 Å². The molecule has 1 saturated carbocycles. The monoisotopic (exact) mass is 525 g/mol. The number of rotatable bonds is 5. The molecule has 2 atom stereocenters. The van der Waals surface area contributed by atoms with Crippen LogP contribution in [0.25, 0.3) is 0 Å². The number of hydrogen-bond donors (Lipinski definition) is 2. The fourth-order valence-corrected chi connectivity index (χ4v) is 4.11. The lowest BCUT2D eigenvalue weighted by Crippen LogP contribution is -2.49. The topological polar surface area (TPSA) is 52.6 Å². The van der Waals surface area contributed by atoms with Crippen LogP contribution in [-0.2, 0) is 0 Å². The number of hydrogen-bond acceptors (Lipinski definition) is 3. The third-order valence-electron chi connectivity index (χ3n) is 5.51. The van der Waals surface area contributed by atoms with Crippen LogP contribution in [0.3, 0.4) is 0 Å². The summed E-state index contributed by atoms with van der Waals surface area (Å²) in [6.07, 6.45) is 5.16. The van der Waals surface area contributed by atoms with Crippen molar-refractivity contribution in [2.24, 2.45) is 4.99 Å². The summed E-state index contributed by atoms with van der Waals surface area (Å²) < 4.78 is 0. The maximum absolute atomic E-state index is 6.14. The smallest absolute Gasteiger partial charge is 0.191 e. The number of nitrogens with zero attached hydrogens (tertiary/aromatic N) is 3. The molecule has 0 radical (unpaired) electrons. The molecule has 0 spiro atoms. The van der Waals surface area contributed by atoms with E-state index < -0.39 is 0 Å². The first-order valence-corrected chi connectivity index (χ1v) is 10.6. The minimum Gasteiger partial charge on any atom is -0.356 e. The van der Waals surface area contributed by atoms with Gasteiger partial charge in [-0.15, -0.1) is 24.0 Å². The molecule has 5 nitrogen and oxygen atoms in total. The molecule has 2 aliphatic rings. The van der Waals surface area contributed by atoms with E-state index in [9.17, 15) is 0 Å². The highest BCUT2D eigenvalue weighted by Gasteiger charge is 2.39. The number of nitrogens with one attached hydrogen (secondary N) is 2. The Hall–Kier alpha value is -1.54. The summed E-state index contributed by atoms with van der Waals surface area (Å²) >= 11 is 6.14. The Morgan fingerprint density at radius 2 is 2.00 bits per heavy atom. The van der Waals surface area contributed by atoms with E-state index in [1.807, 2.05) is 24.4 Å². The molecule has 0 bridgehead atoms. The van der Waals surface area contributed by atoms with Crippen LogP contribution in [0.2, 0.25) is 5.02 Å². The summed E-state index contributed by atoms with van der Waals surface area (Å²) in [5.41, 5.74) is 1.31. The fourth-order valence-electron chi connectivity index (χ4n) is 3.91. The normalized spacial score (nSPS) is 22.0. The molecule has 1 aliphatic carbocycles. The average Bonchev–Trinajstić information content (AvgIpc) is 3.49. The number of piperidine rings is 1. The highest BCUT2D eigenvalue weighted by molar-refractivity contribution is 14.0. The number of anilines is 1. The maximum atomic E-state index is 6.14. The van der Waals surface area contributed by atoms with Crippen LogP contribution in [0.1, 0.15) is 37.7 Å². The second kappa shape index (κ2) is 10.5. The van der Waals surface area contributed by atoms with Crippen molar-refractivity contribution in [3.63, 3.8) is 0 Å². The second-order valence-electron chi connectivity index (χ2n) is 7.56. The summed E-state index contributed by atoms with van der Waals surface area (Å²) in [7, 11) is 0. The Morgan fingerprint density at radius 1 is 1.17 bits per heavy atom. The van der Waals surface area contributed by atoms with Gasteiger partial charge >= 0.3 is 0 Å². The van der Waals surface area contributed by atoms with Crippen LogP contribution >= 0.6 is 35.6 Å². The summed E-state index contributed by atoms with van der Waals surface area (Å²) in [5, 5.41) is 8.08. The lowest BCUT2D eigenvalue weighted by molar-refractivity contribution is 0.459. The maximum Gasteiger partial charge on any atom is 0.191 e. The first kappa shape index (κ1) is 22.2. The zero-order chi connectivity index (χ0) is 19.3. The van der Waals surface area contributed by atoms with Gasteiger partial charge in [0.15, 0.2) is 5.96 Å². The lowest BCUT2D eigenvalue weighted by atomic mass is 10.1. The van der Waals surface area contributed by atoms with E-state index in [1.165, 1.54) is 5.56 Å². The SMILES string of the molecule is CCN=C(NC1CCN(c2ccccn2)CC1)NC1CC1c1cccc(Cl)c1.I. The van der Waals surface area contributed by atoms with Gasteiger partial charge in [-0.2, -0.15) is 0 Å². The number of guanidine groups is 1. The number of halogens is 2. The predicted molar refractivity (Wildman–Crippen MR) is 132 cm³/mol. The molecular weight excluding hydrogens is 497 g/mol. The standard InChI is InChI=1S/C22H28ClN5.HI/c1-2-24-22(27-20-15-19(20)16-6-5-7-17(23)14-16)26-18-9-12-28(13-10-18)21-8-3-4-11-25-21;/h3-8,11,14,18-20H,2,9-10,12-13,15H2,1H3,(H2,24,26,27);1H. The third kappa shape index (κ3) is 5.98. The lowest BCUT2D eigenvalue weighted by Gasteiger charge is -2.33. The second-order valence-corrected chi connectivity index (χ2v) is 8.00. The minimum absolute atomic E-state index is 0. The molecule has 4 rings (SSSR count). The van der Waals surface area contributed by atoms with Gasteiger partial charge in [0, 0.05) is 48.9 Å². The number of pyridine rings is 1. The molecule has 2 N–H and O–H groups in total. The molecule has 2 unspecified atom stereocenters. The van der Waals surface area contributed by atoms with E-state index in [2.05, 4.69) is 56.7 Å². The zero-order valence-corrected chi connectivity index (χ0v) is 19.8. The Morgan fingerprint density at radius 3 is 2.69 bits per heavy atom. The largest absolute Gasteiger partial charge is 0.356 e. The van der Waals surface area contributed by atoms with Crippen LogP contribution in [0.15, 0.2) is 53.7 Å². The van der Waals surface area contributed by atoms with E-state index in [0.29, 0.717) is 18.0 Å². The van der Waals surface area contributed by atoms with E-state index in [4.69, 9.17) is 11.6 Å². The van der Waals surface area contributed by atoms with Gasteiger partial charge in [0.1, 0.15) is 5.82 Å². The quantitative estimate of drug-likeness (QED) is 0.344. The van der Waals surface area contributed by atoms with Crippen molar-refractivity contribution in [2.45, 2.75) is 44.2 Å². The van der Waals surface area contributed by atoms with Crippen molar-refractivity contribution < 1.29 is 0 Å². The zero-order valence-electron chi connectivity index (χ0n) is 16.7. The van der Waals surface area contributed by atoms with Gasteiger partial charge in [-0.05, 0) is 56.0 Å². The van der Waals surface area contributed by atoms with Crippen molar-refractivity contribution in [3.05, 3.63) is 59.2 Å². The molecule has 2 aromatic rings. The molecule has 1 aromatic heterocycles. The van der Waals surface area contributed by atoms with Gasteiger partial charge in [-0.1, -0.05) is 29.8 Å². The van der Waals surface area contributed by atoms with Crippen molar-refractivity contribution in [1.29, 1.82) is 0 Å². The summed E-state index contributed by atoms with van der Waals surface area (Å²) in [6.45, 7) is 4.89. The van der Waals surface area contributed by atoms with Crippen molar-refractivity contribution in [2.75, 3.05) is 24.5 Å². The van der Waals surface area contributed by atoms with Crippen LogP contribution in [-0.4, -0.2) is 42.7 Å². The molecule has 2 fully saturated rings. The Balaban J connectivity index is 0.00000240. The molecule has 1 aromatic carbocycles. The first-order chi connectivity index (χ1) is 13.7. The molecule has 0 amide bonds. The van der Waals surface area contributed by atoms with Gasteiger partial charge in [-0.3, -0.25) is 4.99 Å². The molecule has 156 valence electrons. The van der Waals surface area contributed by atoms with Crippen LogP contribution < -0.4 is 15.5 Å². The number of benzene rings is 1. The first-order valence-electron chi connectivity index (χ1n) is 10.2. The van der Waals surface area contributed by atoms with Gasteiger partial charge in [-0.25, -0.2) is 4.98 Å². The minimum atomic E-state index is 0. The Bertz CT molecular complexity index is 808. The van der Waals surface area contributed by atoms with Crippen molar-refractivity contribution in [1.82, 2.24) is 15.6 Å². The summed E-state index contributed by atoms with van der Waals surface area (Å²) in [4.78, 5) is 11.5. The average molecular weight is 526 g/mol. The predicted octanol–water partition coefficient (Wildman–Crippen LogP) is 4.43.